The molecule has 1 aliphatic rings. The van der Waals surface area contributed by atoms with E-state index in [0.29, 0.717) is 5.75 Å². The molecule has 2 aromatic rings. The molecule has 9 heteroatoms. The molecule has 0 N–H and O–H groups in total. The Morgan fingerprint density at radius 2 is 1.96 bits per heavy atom. The van der Waals surface area contributed by atoms with Crippen LogP contribution in [0.15, 0.2) is 53.4 Å². The molecule has 1 fully saturated rings. The monoisotopic (exact) mass is 378 g/mol. The van der Waals surface area contributed by atoms with Gasteiger partial charge in [-0.2, -0.15) is 4.31 Å². The second-order valence-electron chi connectivity index (χ2n) is 5.75. The summed E-state index contributed by atoms with van der Waals surface area (Å²) in [5.74, 6) is 0.668. The zero-order valence-electron chi connectivity index (χ0n) is 14.1. The van der Waals surface area contributed by atoms with Gasteiger partial charge in [-0.1, -0.05) is 12.1 Å². The van der Waals surface area contributed by atoms with Crippen LogP contribution < -0.4 is 4.74 Å². The third-order valence-electron chi connectivity index (χ3n) is 4.18. The molecule has 8 nitrogen and oxygen atoms in total. The molecule has 1 saturated heterocycles. The number of nitro benzene ring substituents is 1. The lowest BCUT2D eigenvalue weighted by Crippen LogP contribution is -2.42. The van der Waals surface area contributed by atoms with Crippen LogP contribution in [-0.2, 0) is 14.8 Å². The highest BCUT2D eigenvalue weighted by atomic mass is 32.2. The van der Waals surface area contributed by atoms with Crippen LogP contribution in [0.1, 0.15) is 11.7 Å². The molecule has 0 radical (unpaired) electrons. The van der Waals surface area contributed by atoms with Crippen LogP contribution in [0, 0.1) is 10.1 Å². The van der Waals surface area contributed by atoms with E-state index in [2.05, 4.69) is 0 Å². The summed E-state index contributed by atoms with van der Waals surface area (Å²) >= 11 is 0. The van der Waals surface area contributed by atoms with Gasteiger partial charge in [0.15, 0.2) is 0 Å². The molecule has 3 rings (SSSR count). The lowest BCUT2D eigenvalue weighted by Gasteiger charge is -2.32. The lowest BCUT2D eigenvalue weighted by molar-refractivity contribution is -0.384. The van der Waals surface area contributed by atoms with Gasteiger partial charge < -0.3 is 9.47 Å². The Labute approximate surface area is 151 Å². The minimum Gasteiger partial charge on any atom is -0.497 e. The highest BCUT2D eigenvalue weighted by Gasteiger charge is 2.31. The molecule has 0 bridgehead atoms. The largest absolute Gasteiger partial charge is 0.497 e. The molecule has 0 saturated carbocycles. The predicted molar refractivity (Wildman–Crippen MR) is 93.5 cm³/mol. The summed E-state index contributed by atoms with van der Waals surface area (Å²) in [6.45, 7) is 0.639. The van der Waals surface area contributed by atoms with Crippen molar-refractivity contribution < 1.29 is 22.8 Å². The van der Waals surface area contributed by atoms with Crippen LogP contribution >= 0.6 is 0 Å². The first-order chi connectivity index (χ1) is 12.4. The van der Waals surface area contributed by atoms with Gasteiger partial charge in [-0.05, 0) is 29.8 Å². The smallest absolute Gasteiger partial charge is 0.269 e. The molecular formula is C17H18N2O6S. The van der Waals surface area contributed by atoms with Crippen molar-refractivity contribution in [1.29, 1.82) is 0 Å². The molecule has 138 valence electrons. The Morgan fingerprint density at radius 3 is 2.62 bits per heavy atom. The predicted octanol–water partition coefficient (Wildman–Crippen LogP) is 2.37. The topological polar surface area (TPSA) is 99.0 Å². The van der Waals surface area contributed by atoms with Crippen LogP contribution in [0.4, 0.5) is 5.69 Å². The highest BCUT2D eigenvalue weighted by Crippen LogP contribution is 2.28. The summed E-state index contributed by atoms with van der Waals surface area (Å²) < 4.78 is 37.9. The summed E-state index contributed by atoms with van der Waals surface area (Å²) in [5, 5.41) is 10.7. The van der Waals surface area contributed by atoms with Crippen LogP contribution in [-0.4, -0.2) is 44.5 Å². The van der Waals surface area contributed by atoms with E-state index in [4.69, 9.17) is 9.47 Å². The first kappa shape index (κ1) is 18.3. The zero-order chi connectivity index (χ0) is 18.7. The van der Waals surface area contributed by atoms with E-state index < -0.39 is 21.1 Å². The van der Waals surface area contributed by atoms with Crippen molar-refractivity contribution in [3.05, 3.63) is 64.2 Å². The minimum atomic E-state index is -3.76. The third kappa shape index (κ3) is 3.69. The maximum atomic E-state index is 12.8. The molecule has 1 aliphatic heterocycles. The molecular weight excluding hydrogens is 360 g/mol. The zero-order valence-corrected chi connectivity index (χ0v) is 14.9. The van der Waals surface area contributed by atoms with Crippen molar-refractivity contribution >= 4 is 15.7 Å². The quantitative estimate of drug-likeness (QED) is 0.585. The number of methoxy groups -OCH3 is 1. The molecule has 1 atom stereocenters. The molecule has 2 aromatic carbocycles. The fourth-order valence-corrected chi connectivity index (χ4v) is 4.20. The van der Waals surface area contributed by atoms with Crippen LogP contribution in [0.2, 0.25) is 0 Å². The molecule has 0 spiro atoms. The van der Waals surface area contributed by atoms with Gasteiger partial charge in [0.05, 0.1) is 29.6 Å². The Balaban J connectivity index is 1.82. The normalized spacial score (nSPS) is 18.4. The van der Waals surface area contributed by atoms with Gasteiger partial charge in [-0.3, -0.25) is 10.1 Å². The Bertz CT molecular complexity index is 898. The molecule has 1 heterocycles. The minimum absolute atomic E-state index is 0.0226. The van der Waals surface area contributed by atoms with Crippen LogP contribution in [0.5, 0.6) is 5.75 Å². The lowest BCUT2D eigenvalue weighted by atomic mass is 10.1. The molecule has 0 aromatic heterocycles. The van der Waals surface area contributed by atoms with E-state index in [-0.39, 0.29) is 30.3 Å². The van der Waals surface area contributed by atoms with E-state index in [1.165, 1.54) is 28.6 Å². The van der Waals surface area contributed by atoms with E-state index >= 15 is 0 Å². The number of rotatable bonds is 5. The van der Waals surface area contributed by atoms with Crippen molar-refractivity contribution in [2.45, 2.75) is 11.0 Å². The second-order valence-corrected chi connectivity index (χ2v) is 7.69. The van der Waals surface area contributed by atoms with E-state index in [0.717, 1.165) is 5.56 Å². The first-order valence-corrected chi connectivity index (χ1v) is 9.36. The SMILES string of the molecule is COc1cccc(C2CN(S(=O)(=O)c3ccc([N+](=O)[O-])cc3)CCO2)c1. The van der Waals surface area contributed by atoms with Gasteiger partial charge in [0.2, 0.25) is 10.0 Å². The van der Waals surface area contributed by atoms with Crippen molar-refractivity contribution in [3.8, 4) is 5.75 Å². The number of morpholine rings is 1. The number of ether oxygens (including phenoxy) is 2. The fourth-order valence-electron chi connectivity index (χ4n) is 2.78. The number of sulfonamides is 1. The fraction of sp³-hybridized carbons (Fsp3) is 0.294. The molecule has 1 unspecified atom stereocenters. The average Bonchev–Trinajstić information content (AvgIpc) is 2.68. The summed E-state index contributed by atoms with van der Waals surface area (Å²) in [6, 6.07) is 12.2. The maximum absolute atomic E-state index is 12.8. The highest BCUT2D eigenvalue weighted by molar-refractivity contribution is 7.89. The van der Waals surface area contributed by atoms with Crippen molar-refractivity contribution in [2.75, 3.05) is 26.8 Å². The number of hydrogen-bond acceptors (Lipinski definition) is 6. The summed E-state index contributed by atoms with van der Waals surface area (Å²) in [7, 11) is -2.20. The van der Waals surface area contributed by atoms with E-state index in [9.17, 15) is 18.5 Å². The summed E-state index contributed by atoms with van der Waals surface area (Å²) in [5.41, 5.74) is 0.674. The van der Waals surface area contributed by atoms with E-state index in [1.807, 2.05) is 18.2 Å². The Hall–Kier alpha value is -2.49. The Morgan fingerprint density at radius 1 is 1.23 bits per heavy atom. The van der Waals surface area contributed by atoms with Gasteiger partial charge in [-0.15, -0.1) is 0 Å². The second kappa shape index (κ2) is 7.40. The summed E-state index contributed by atoms with van der Waals surface area (Å²) in [4.78, 5) is 10.2. The van der Waals surface area contributed by atoms with Crippen molar-refractivity contribution in [1.82, 2.24) is 4.31 Å². The standard InChI is InChI=1S/C17H18N2O6S/c1-24-15-4-2-3-13(11-15)17-12-18(9-10-25-17)26(22,23)16-7-5-14(6-8-16)19(20)21/h2-8,11,17H,9-10,12H2,1H3. The van der Waals surface area contributed by atoms with Gasteiger partial charge in [0.25, 0.3) is 5.69 Å². The maximum Gasteiger partial charge on any atom is 0.269 e. The van der Waals surface area contributed by atoms with Gasteiger partial charge >= 0.3 is 0 Å². The average molecular weight is 378 g/mol. The number of hydrogen-bond donors (Lipinski definition) is 0. The van der Waals surface area contributed by atoms with Crippen molar-refractivity contribution in [3.63, 3.8) is 0 Å². The first-order valence-electron chi connectivity index (χ1n) is 7.92. The molecule has 0 aliphatic carbocycles. The van der Waals surface area contributed by atoms with Gasteiger partial charge in [-0.25, -0.2) is 8.42 Å². The third-order valence-corrected chi connectivity index (χ3v) is 6.06. The summed E-state index contributed by atoms with van der Waals surface area (Å²) in [6.07, 6.45) is -0.410. The number of nitrogens with zero attached hydrogens (tertiary/aromatic N) is 2. The van der Waals surface area contributed by atoms with Gasteiger partial charge in [0, 0.05) is 25.2 Å². The van der Waals surface area contributed by atoms with Crippen LogP contribution in [0.3, 0.4) is 0 Å². The molecule has 0 amide bonds. The molecule has 26 heavy (non-hydrogen) atoms. The van der Waals surface area contributed by atoms with Crippen LogP contribution in [0.25, 0.3) is 0 Å². The van der Waals surface area contributed by atoms with Crippen molar-refractivity contribution in [2.24, 2.45) is 0 Å². The number of non-ortho nitro benzene ring substituents is 1. The number of benzene rings is 2. The Kier molecular flexibility index (Phi) is 5.21. The van der Waals surface area contributed by atoms with Gasteiger partial charge in [0.1, 0.15) is 5.75 Å². The number of nitro groups is 1. The van der Waals surface area contributed by atoms with E-state index in [1.54, 1.807) is 13.2 Å².